The third-order valence-corrected chi connectivity index (χ3v) is 5.36. The summed E-state index contributed by atoms with van der Waals surface area (Å²) >= 11 is 7.21. The number of nitrogens with one attached hydrogen (secondary N) is 1. The van der Waals surface area contributed by atoms with E-state index in [0.717, 1.165) is 25.7 Å². The van der Waals surface area contributed by atoms with E-state index in [9.17, 15) is 4.79 Å². The van der Waals surface area contributed by atoms with Crippen LogP contribution in [0.4, 0.5) is 0 Å². The number of hydrogen-bond acceptors (Lipinski definition) is 2. The first-order valence-electron chi connectivity index (χ1n) is 7.33. The van der Waals surface area contributed by atoms with Crippen LogP contribution in [0.3, 0.4) is 0 Å². The average Bonchev–Trinajstić information content (AvgIpc) is 2.96. The fraction of sp³-hybridized carbons (Fsp3) is 0.353. The van der Waals surface area contributed by atoms with Crippen LogP contribution in [0.5, 0.6) is 0 Å². The minimum atomic E-state index is 0.00932. The van der Waals surface area contributed by atoms with E-state index in [1.54, 1.807) is 12.1 Å². The van der Waals surface area contributed by atoms with Gasteiger partial charge in [-0.25, -0.2) is 0 Å². The second-order valence-corrected chi connectivity index (χ2v) is 7.25. The Kier molecular flexibility index (Phi) is 4.61. The molecule has 21 heavy (non-hydrogen) atoms. The molecule has 0 bridgehead atoms. The molecule has 0 atom stereocenters. The van der Waals surface area contributed by atoms with Gasteiger partial charge < -0.3 is 5.32 Å². The van der Waals surface area contributed by atoms with Crippen LogP contribution in [0.1, 0.15) is 46.8 Å². The van der Waals surface area contributed by atoms with Crippen LogP contribution in [0.2, 0.25) is 4.34 Å². The van der Waals surface area contributed by atoms with Crippen LogP contribution in [0.25, 0.3) is 0 Å². The van der Waals surface area contributed by atoms with Gasteiger partial charge in [-0.15, -0.1) is 11.3 Å². The number of thiophene rings is 1. The van der Waals surface area contributed by atoms with E-state index in [1.165, 1.54) is 16.9 Å². The number of carbonyl (C=O) groups is 1. The number of benzene rings is 1. The lowest BCUT2D eigenvalue weighted by molar-refractivity contribution is 0.0930. The van der Waals surface area contributed by atoms with E-state index in [2.05, 4.69) is 35.6 Å². The second-order valence-electron chi connectivity index (χ2n) is 5.54. The van der Waals surface area contributed by atoms with Gasteiger partial charge in [-0.2, -0.15) is 0 Å². The normalized spacial score (nSPS) is 22.0. The molecule has 0 spiro atoms. The maximum Gasteiger partial charge on any atom is 0.261 e. The Hall–Kier alpha value is -1.32. The molecule has 0 radical (unpaired) electrons. The van der Waals surface area contributed by atoms with Crippen molar-refractivity contribution in [1.29, 1.82) is 0 Å². The molecule has 4 heteroatoms. The second kappa shape index (κ2) is 6.63. The summed E-state index contributed by atoms with van der Waals surface area (Å²) in [7, 11) is 0. The molecule has 1 fully saturated rings. The predicted molar refractivity (Wildman–Crippen MR) is 88.2 cm³/mol. The van der Waals surface area contributed by atoms with E-state index >= 15 is 0 Å². The number of amides is 1. The van der Waals surface area contributed by atoms with Crippen LogP contribution in [0, 0.1) is 0 Å². The smallest absolute Gasteiger partial charge is 0.261 e. The number of rotatable bonds is 3. The topological polar surface area (TPSA) is 29.1 Å². The van der Waals surface area contributed by atoms with Crippen molar-refractivity contribution >= 4 is 28.8 Å². The Balaban J connectivity index is 1.53. The molecule has 1 aliphatic rings. The molecular weight excluding hydrogens is 302 g/mol. The molecule has 1 aromatic heterocycles. The van der Waals surface area contributed by atoms with E-state index in [0.29, 0.717) is 21.2 Å². The summed E-state index contributed by atoms with van der Waals surface area (Å²) in [6.07, 6.45) is 4.37. The summed E-state index contributed by atoms with van der Waals surface area (Å²) in [5.74, 6) is 0.644. The summed E-state index contributed by atoms with van der Waals surface area (Å²) in [5, 5.41) is 3.13. The van der Waals surface area contributed by atoms with E-state index in [-0.39, 0.29) is 5.91 Å². The molecule has 110 valence electrons. The maximum absolute atomic E-state index is 12.1. The highest BCUT2D eigenvalue weighted by Crippen LogP contribution is 2.33. The van der Waals surface area contributed by atoms with Crippen molar-refractivity contribution in [2.45, 2.75) is 37.6 Å². The van der Waals surface area contributed by atoms with Gasteiger partial charge in [-0.05, 0) is 49.3 Å². The molecule has 1 heterocycles. The van der Waals surface area contributed by atoms with Crippen molar-refractivity contribution in [2.75, 3.05) is 0 Å². The van der Waals surface area contributed by atoms with Crippen molar-refractivity contribution in [2.24, 2.45) is 0 Å². The fourth-order valence-electron chi connectivity index (χ4n) is 2.99. The van der Waals surface area contributed by atoms with Crippen LogP contribution in [-0.2, 0) is 0 Å². The molecule has 0 aliphatic heterocycles. The third kappa shape index (κ3) is 3.66. The Labute approximate surface area is 134 Å². The van der Waals surface area contributed by atoms with Crippen LogP contribution in [-0.4, -0.2) is 11.9 Å². The molecular formula is C17H18ClNOS. The standard InChI is InChI=1S/C17H18ClNOS/c18-16-11-10-15(21-16)17(20)19-14-8-6-13(7-9-14)12-4-2-1-3-5-12/h1-5,10-11,13-14H,6-9H2,(H,19,20). The van der Waals surface area contributed by atoms with Gasteiger partial charge in [-0.1, -0.05) is 41.9 Å². The Morgan fingerprint density at radius 2 is 1.76 bits per heavy atom. The highest BCUT2D eigenvalue weighted by molar-refractivity contribution is 7.17. The zero-order chi connectivity index (χ0) is 14.7. The van der Waals surface area contributed by atoms with Gasteiger partial charge in [0.1, 0.15) is 0 Å². The molecule has 3 rings (SSSR count). The van der Waals surface area contributed by atoms with E-state index in [4.69, 9.17) is 11.6 Å². The van der Waals surface area contributed by atoms with Crippen molar-refractivity contribution < 1.29 is 4.79 Å². The Bertz CT molecular complexity index is 602. The summed E-state index contributed by atoms with van der Waals surface area (Å²) in [5.41, 5.74) is 1.42. The fourth-order valence-corrected chi connectivity index (χ4v) is 3.94. The molecule has 0 unspecified atom stereocenters. The average molecular weight is 320 g/mol. The molecule has 1 amide bonds. The van der Waals surface area contributed by atoms with E-state index < -0.39 is 0 Å². The lowest BCUT2D eigenvalue weighted by Gasteiger charge is -2.29. The van der Waals surface area contributed by atoms with Crippen LogP contribution in [0.15, 0.2) is 42.5 Å². The Morgan fingerprint density at radius 1 is 1.05 bits per heavy atom. The molecule has 1 aliphatic carbocycles. The van der Waals surface area contributed by atoms with Crippen LogP contribution >= 0.6 is 22.9 Å². The lowest BCUT2D eigenvalue weighted by Crippen LogP contribution is -2.36. The molecule has 1 N–H and O–H groups in total. The van der Waals surface area contributed by atoms with Crippen molar-refractivity contribution in [3.8, 4) is 0 Å². The zero-order valence-electron chi connectivity index (χ0n) is 11.7. The Morgan fingerprint density at radius 3 is 2.38 bits per heavy atom. The molecule has 1 aromatic carbocycles. The molecule has 2 nitrogen and oxygen atoms in total. The molecule has 2 aromatic rings. The van der Waals surface area contributed by atoms with Crippen LogP contribution < -0.4 is 5.32 Å². The monoisotopic (exact) mass is 319 g/mol. The largest absolute Gasteiger partial charge is 0.349 e. The highest BCUT2D eigenvalue weighted by Gasteiger charge is 2.24. The van der Waals surface area contributed by atoms with Crippen molar-refractivity contribution in [3.63, 3.8) is 0 Å². The minimum Gasteiger partial charge on any atom is -0.349 e. The van der Waals surface area contributed by atoms with Gasteiger partial charge in [-0.3, -0.25) is 4.79 Å². The van der Waals surface area contributed by atoms with Gasteiger partial charge in [0.25, 0.3) is 5.91 Å². The maximum atomic E-state index is 12.1. The summed E-state index contributed by atoms with van der Waals surface area (Å²) in [6.45, 7) is 0. The molecule has 1 saturated carbocycles. The summed E-state index contributed by atoms with van der Waals surface area (Å²) in [6, 6.07) is 14.5. The van der Waals surface area contributed by atoms with Gasteiger partial charge >= 0.3 is 0 Å². The molecule has 0 saturated heterocycles. The predicted octanol–water partition coefficient (Wildman–Crippen LogP) is 4.86. The lowest BCUT2D eigenvalue weighted by atomic mass is 9.82. The zero-order valence-corrected chi connectivity index (χ0v) is 13.3. The highest BCUT2D eigenvalue weighted by atomic mass is 35.5. The van der Waals surface area contributed by atoms with Gasteiger partial charge in [0.2, 0.25) is 0 Å². The number of halogens is 1. The quantitative estimate of drug-likeness (QED) is 0.860. The van der Waals surface area contributed by atoms with E-state index in [1.807, 2.05) is 0 Å². The number of carbonyl (C=O) groups excluding carboxylic acids is 1. The first-order valence-corrected chi connectivity index (χ1v) is 8.53. The summed E-state index contributed by atoms with van der Waals surface area (Å²) in [4.78, 5) is 12.8. The van der Waals surface area contributed by atoms with Gasteiger partial charge in [0.15, 0.2) is 0 Å². The third-order valence-electron chi connectivity index (χ3n) is 4.13. The number of hydrogen-bond donors (Lipinski definition) is 1. The van der Waals surface area contributed by atoms with Gasteiger partial charge in [0, 0.05) is 6.04 Å². The first kappa shape index (κ1) is 14.6. The first-order chi connectivity index (χ1) is 10.2. The SMILES string of the molecule is O=C(NC1CCC(c2ccccc2)CC1)c1ccc(Cl)s1. The summed E-state index contributed by atoms with van der Waals surface area (Å²) < 4.78 is 0.660. The minimum absolute atomic E-state index is 0.00932. The van der Waals surface area contributed by atoms with Crippen molar-refractivity contribution in [3.05, 3.63) is 57.2 Å². The van der Waals surface area contributed by atoms with Gasteiger partial charge in [0.05, 0.1) is 9.21 Å². The van der Waals surface area contributed by atoms with Crippen molar-refractivity contribution in [1.82, 2.24) is 5.32 Å².